The van der Waals surface area contributed by atoms with Crippen molar-refractivity contribution in [3.05, 3.63) is 42.7 Å². The SMILES string of the molecule is Cc1csc(C(=O)c2cc(C)c(Cl)s2)c1. The van der Waals surface area contributed by atoms with Gasteiger partial charge in [0, 0.05) is 0 Å². The number of rotatable bonds is 2. The third-order valence-corrected chi connectivity index (χ3v) is 4.64. The number of aryl methyl sites for hydroxylation is 2. The maximum atomic E-state index is 12.0. The first-order valence-electron chi connectivity index (χ1n) is 4.43. The lowest BCUT2D eigenvalue weighted by molar-refractivity contribution is 0.104. The summed E-state index contributed by atoms with van der Waals surface area (Å²) in [7, 11) is 0. The summed E-state index contributed by atoms with van der Waals surface area (Å²) in [5, 5.41) is 1.98. The van der Waals surface area contributed by atoms with Crippen LogP contribution in [0.2, 0.25) is 4.34 Å². The monoisotopic (exact) mass is 256 g/mol. The molecular formula is C11H9ClOS2. The minimum Gasteiger partial charge on any atom is -0.287 e. The second kappa shape index (κ2) is 4.08. The Hall–Kier alpha value is -0.640. The molecule has 2 aromatic rings. The van der Waals surface area contributed by atoms with Gasteiger partial charge in [0.2, 0.25) is 5.78 Å². The fourth-order valence-corrected chi connectivity index (χ4v) is 3.32. The molecule has 2 heterocycles. The van der Waals surface area contributed by atoms with Gasteiger partial charge in [0.25, 0.3) is 0 Å². The van der Waals surface area contributed by atoms with Crippen molar-refractivity contribution in [3.63, 3.8) is 0 Å². The van der Waals surface area contributed by atoms with Gasteiger partial charge >= 0.3 is 0 Å². The van der Waals surface area contributed by atoms with Crippen LogP contribution in [0.3, 0.4) is 0 Å². The molecule has 0 spiro atoms. The van der Waals surface area contributed by atoms with Gasteiger partial charge in [-0.25, -0.2) is 0 Å². The molecule has 0 aliphatic heterocycles. The molecule has 2 rings (SSSR count). The summed E-state index contributed by atoms with van der Waals surface area (Å²) in [6, 6.07) is 3.76. The topological polar surface area (TPSA) is 17.1 Å². The molecular weight excluding hydrogens is 248 g/mol. The van der Waals surface area contributed by atoms with Crippen LogP contribution in [-0.4, -0.2) is 5.78 Å². The highest BCUT2D eigenvalue weighted by atomic mass is 35.5. The normalized spacial score (nSPS) is 10.6. The molecule has 0 aliphatic carbocycles. The second-order valence-corrected chi connectivity index (χ2v) is 5.95. The zero-order chi connectivity index (χ0) is 11.0. The molecule has 0 bridgehead atoms. The number of ketones is 1. The Morgan fingerprint density at radius 2 is 2.00 bits per heavy atom. The Balaban J connectivity index is 2.36. The number of hydrogen-bond donors (Lipinski definition) is 0. The van der Waals surface area contributed by atoms with Crippen LogP contribution in [0.15, 0.2) is 17.5 Å². The maximum Gasteiger partial charge on any atom is 0.212 e. The van der Waals surface area contributed by atoms with Crippen molar-refractivity contribution in [2.24, 2.45) is 0 Å². The molecule has 0 saturated heterocycles. The molecule has 15 heavy (non-hydrogen) atoms. The Labute approximate surface area is 101 Å². The molecule has 2 aromatic heterocycles. The van der Waals surface area contributed by atoms with Crippen molar-refractivity contribution in [2.75, 3.05) is 0 Å². The van der Waals surface area contributed by atoms with Gasteiger partial charge in [0.15, 0.2) is 0 Å². The first kappa shape index (κ1) is 10.9. The smallest absolute Gasteiger partial charge is 0.212 e. The van der Waals surface area contributed by atoms with Gasteiger partial charge in [-0.15, -0.1) is 22.7 Å². The quantitative estimate of drug-likeness (QED) is 0.732. The van der Waals surface area contributed by atoms with Gasteiger partial charge in [0.05, 0.1) is 14.1 Å². The average molecular weight is 257 g/mol. The van der Waals surface area contributed by atoms with E-state index >= 15 is 0 Å². The molecule has 0 radical (unpaired) electrons. The standard InChI is InChI=1S/C11H9ClOS2/c1-6-3-8(14-5-6)10(13)9-4-7(2)11(12)15-9/h3-5H,1-2H3. The molecule has 0 aromatic carbocycles. The van der Waals surface area contributed by atoms with E-state index in [4.69, 9.17) is 11.6 Å². The number of carbonyl (C=O) groups is 1. The summed E-state index contributed by atoms with van der Waals surface area (Å²) in [5.74, 6) is 0.0769. The van der Waals surface area contributed by atoms with E-state index in [0.717, 1.165) is 20.9 Å². The van der Waals surface area contributed by atoms with E-state index in [9.17, 15) is 4.79 Å². The van der Waals surface area contributed by atoms with Gasteiger partial charge in [-0.3, -0.25) is 4.79 Å². The fraction of sp³-hybridized carbons (Fsp3) is 0.182. The molecule has 78 valence electrons. The molecule has 0 saturated carbocycles. The maximum absolute atomic E-state index is 12.0. The van der Waals surface area contributed by atoms with E-state index in [0.29, 0.717) is 4.34 Å². The number of carbonyl (C=O) groups excluding carboxylic acids is 1. The van der Waals surface area contributed by atoms with Crippen LogP contribution in [0.5, 0.6) is 0 Å². The van der Waals surface area contributed by atoms with E-state index in [1.54, 1.807) is 0 Å². The summed E-state index contributed by atoms with van der Waals surface area (Å²) in [6.45, 7) is 3.90. The number of hydrogen-bond acceptors (Lipinski definition) is 3. The van der Waals surface area contributed by atoms with Crippen LogP contribution >= 0.6 is 34.3 Å². The summed E-state index contributed by atoms with van der Waals surface area (Å²) in [4.78, 5) is 13.5. The van der Waals surface area contributed by atoms with Gasteiger partial charge < -0.3 is 0 Å². The molecule has 0 N–H and O–H groups in total. The predicted molar refractivity (Wildman–Crippen MR) is 66.6 cm³/mol. The van der Waals surface area contributed by atoms with Gasteiger partial charge in [0.1, 0.15) is 0 Å². The number of thiophene rings is 2. The zero-order valence-electron chi connectivity index (χ0n) is 8.33. The van der Waals surface area contributed by atoms with E-state index < -0.39 is 0 Å². The second-order valence-electron chi connectivity index (χ2n) is 3.38. The van der Waals surface area contributed by atoms with E-state index in [-0.39, 0.29) is 5.78 Å². The van der Waals surface area contributed by atoms with Crippen molar-refractivity contribution in [2.45, 2.75) is 13.8 Å². The third kappa shape index (κ3) is 2.14. The Kier molecular flexibility index (Phi) is 2.96. The first-order chi connectivity index (χ1) is 7.08. The van der Waals surface area contributed by atoms with Crippen LogP contribution in [0.4, 0.5) is 0 Å². The highest BCUT2D eigenvalue weighted by Gasteiger charge is 2.14. The zero-order valence-corrected chi connectivity index (χ0v) is 10.7. The lowest BCUT2D eigenvalue weighted by Crippen LogP contribution is -1.94. The van der Waals surface area contributed by atoms with Crippen LogP contribution < -0.4 is 0 Å². The highest BCUT2D eigenvalue weighted by molar-refractivity contribution is 7.19. The van der Waals surface area contributed by atoms with Crippen LogP contribution in [0.1, 0.15) is 25.7 Å². The molecule has 4 heteroatoms. The van der Waals surface area contributed by atoms with Crippen LogP contribution in [-0.2, 0) is 0 Å². The minimum absolute atomic E-state index is 0.0769. The molecule has 0 unspecified atom stereocenters. The van der Waals surface area contributed by atoms with Crippen molar-refractivity contribution in [3.8, 4) is 0 Å². The lowest BCUT2D eigenvalue weighted by Gasteiger charge is -1.90. The summed E-state index contributed by atoms with van der Waals surface area (Å²) >= 11 is 8.77. The summed E-state index contributed by atoms with van der Waals surface area (Å²) in [6.07, 6.45) is 0. The lowest BCUT2D eigenvalue weighted by atomic mass is 10.2. The highest BCUT2D eigenvalue weighted by Crippen LogP contribution is 2.29. The predicted octanol–water partition coefficient (Wildman–Crippen LogP) is 4.31. The Bertz CT molecular complexity index is 491. The van der Waals surface area contributed by atoms with Gasteiger partial charge in [-0.1, -0.05) is 11.6 Å². The Morgan fingerprint density at radius 1 is 1.27 bits per heavy atom. The van der Waals surface area contributed by atoms with E-state index in [1.165, 1.54) is 22.7 Å². The van der Waals surface area contributed by atoms with Crippen molar-refractivity contribution < 1.29 is 4.79 Å². The number of halogens is 1. The summed E-state index contributed by atoms with van der Waals surface area (Å²) < 4.78 is 0.701. The average Bonchev–Trinajstić information content (AvgIpc) is 2.74. The van der Waals surface area contributed by atoms with Crippen molar-refractivity contribution >= 4 is 40.1 Å². The molecule has 1 nitrogen and oxygen atoms in total. The van der Waals surface area contributed by atoms with Crippen LogP contribution in [0, 0.1) is 13.8 Å². The van der Waals surface area contributed by atoms with E-state index in [2.05, 4.69) is 0 Å². The fourth-order valence-electron chi connectivity index (χ4n) is 1.24. The molecule has 0 amide bonds. The van der Waals surface area contributed by atoms with Crippen molar-refractivity contribution in [1.82, 2.24) is 0 Å². The van der Waals surface area contributed by atoms with Gasteiger partial charge in [-0.05, 0) is 42.5 Å². The molecule has 0 atom stereocenters. The largest absolute Gasteiger partial charge is 0.287 e. The molecule has 0 fully saturated rings. The first-order valence-corrected chi connectivity index (χ1v) is 6.51. The molecule has 0 aliphatic rings. The third-order valence-electron chi connectivity index (χ3n) is 2.04. The van der Waals surface area contributed by atoms with Gasteiger partial charge in [-0.2, -0.15) is 0 Å². The minimum atomic E-state index is 0.0769. The van der Waals surface area contributed by atoms with Crippen molar-refractivity contribution in [1.29, 1.82) is 0 Å². The Morgan fingerprint density at radius 3 is 2.47 bits per heavy atom. The van der Waals surface area contributed by atoms with Crippen LogP contribution in [0.25, 0.3) is 0 Å². The van der Waals surface area contributed by atoms with E-state index in [1.807, 2.05) is 31.4 Å². The summed E-state index contributed by atoms with van der Waals surface area (Å²) in [5.41, 5.74) is 2.10.